The van der Waals surface area contributed by atoms with Crippen LogP contribution >= 0.6 is 0 Å². The summed E-state index contributed by atoms with van der Waals surface area (Å²) in [6.45, 7) is 8.86. The summed E-state index contributed by atoms with van der Waals surface area (Å²) in [4.78, 5) is 14.2. The van der Waals surface area contributed by atoms with Crippen molar-refractivity contribution in [3.63, 3.8) is 0 Å². The van der Waals surface area contributed by atoms with Crippen molar-refractivity contribution in [1.29, 1.82) is 0 Å². The summed E-state index contributed by atoms with van der Waals surface area (Å²) in [7, 11) is 0. The number of aromatic amines is 1. The van der Waals surface area contributed by atoms with Crippen LogP contribution in [0.15, 0.2) is 0 Å². The van der Waals surface area contributed by atoms with Gasteiger partial charge in [0.25, 0.3) is 5.91 Å². The number of nitrogens with two attached hydrogens (primary N) is 1. The van der Waals surface area contributed by atoms with Gasteiger partial charge in [-0.2, -0.15) is 5.10 Å². The lowest BCUT2D eigenvalue weighted by Gasteiger charge is -2.25. The average Bonchev–Trinajstić information content (AvgIpc) is 2.67. The predicted octanol–water partition coefficient (Wildman–Crippen LogP) is 2.21. The zero-order valence-corrected chi connectivity index (χ0v) is 11.8. The molecule has 0 bridgehead atoms. The van der Waals surface area contributed by atoms with Gasteiger partial charge in [-0.25, -0.2) is 0 Å². The van der Waals surface area contributed by atoms with Gasteiger partial charge in [-0.1, -0.05) is 20.3 Å². The maximum atomic E-state index is 12.4. The highest BCUT2D eigenvalue weighted by atomic mass is 16.2. The van der Waals surface area contributed by atoms with E-state index in [-0.39, 0.29) is 11.9 Å². The number of aromatic nitrogens is 2. The zero-order valence-electron chi connectivity index (χ0n) is 11.8. The Labute approximate surface area is 109 Å². The number of nitrogens with zero attached hydrogens (tertiary/aromatic N) is 2. The molecule has 0 radical (unpaired) electrons. The van der Waals surface area contributed by atoms with Crippen LogP contribution in [0.4, 0.5) is 5.69 Å². The number of hydrogen-bond acceptors (Lipinski definition) is 3. The molecule has 1 aromatic rings. The molecule has 0 aromatic carbocycles. The number of rotatable bonds is 6. The largest absolute Gasteiger partial charge is 0.395 e. The normalized spacial score (nSPS) is 10.9. The number of nitrogen functional groups attached to an aromatic ring is 1. The summed E-state index contributed by atoms with van der Waals surface area (Å²) in [5.74, 6) is -0.0806. The van der Waals surface area contributed by atoms with Gasteiger partial charge >= 0.3 is 0 Å². The summed E-state index contributed by atoms with van der Waals surface area (Å²) in [6, 6.07) is 0.156. The number of anilines is 1. The topological polar surface area (TPSA) is 75.0 Å². The molecular formula is C13H24N4O. The Balaban J connectivity index is 2.94. The van der Waals surface area contributed by atoms with Crippen molar-refractivity contribution in [3.8, 4) is 0 Å². The third-order valence-electron chi connectivity index (χ3n) is 2.93. The molecule has 5 heteroatoms. The van der Waals surface area contributed by atoms with Gasteiger partial charge in [-0.05, 0) is 26.7 Å². The quantitative estimate of drug-likeness (QED) is 0.815. The maximum absolute atomic E-state index is 12.4. The fourth-order valence-corrected chi connectivity index (χ4v) is 1.96. The summed E-state index contributed by atoms with van der Waals surface area (Å²) in [5.41, 5.74) is 7.71. The molecule has 0 fully saturated rings. The van der Waals surface area contributed by atoms with Crippen LogP contribution < -0.4 is 5.73 Å². The Morgan fingerprint density at radius 1 is 1.39 bits per heavy atom. The van der Waals surface area contributed by atoms with E-state index in [0.717, 1.165) is 31.5 Å². The van der Waals surface area contributed by atoms with Gasteiger partial charge in [-0.15, -0.1) is 0 Å². The second kappa shape index (κ2) is 6.42. The van der Waals surface area contributed by atoms with Gasteiger partial charge in [0.15, 0.2) is 5.69 Å². The number of aryl methyl sites for hydroxylation is 1. The lowest BCUT2D eigenvalue weighted by Crippen LogP contribution is -2.38. The third kappa shape index (κ3) is 3.03. The molecule has 102 valence electrons. The molecule has 0 spiro atoms. The first kappa shape index (κ1) is 14.5. The average molecular weight is 252 g/mol. The van der Waals surface area contributed by atoms with Crippen molar-refractivity contribution in [3.05, 3.63) is 11.4 Å². The molecule has 0 saturated heterocycles. The van der Waals surface area contributed by atoms with Crippen LogP contribution in [0.2, 0.25) is 0 Å². The molecule has 0 atom stereocenters. The smallest absolute Gasteiger partial charge is 0.276 e. The molecule has 18 heavy (non-hydrogen) atoms. The standard InChI is InChI=1S/C13H24N4O/c1-5-7-10-11(14)12(16-15-10)13(18)17(8-6-2)9(3)4/h9H,5-8,14H2,1-4H3,(H,15,16). The summed E-state index contributed by atoms with van der Waals surface area (Å²) in [6.07, 6.45) is 2.72. The molecule has 1 aromatic heterocycles. The molecule has 3 N–H and O–H groups in total. The van der Waals surface area contributed by atoms with Crippen molar-refractivity contribution in [2.75, 3.05) is 12.3 Å². The van der Waals surface area contributed by atoms with E-state index in [2.05, 4.69) is 24.0 Å². The molecule has 0 saturated carbocycles. The molecule has 0 unspecified atom stereocenters. The summed E-state index contributed by atoms with van der Waals surface area (Å²) in [5, 5.41) is 6.95. The van der Waals surface area contributed by atoms with Crippen LogP contribution in [-0.4, -0.2) is 33.6 Å². The Hall–Kier alpha value is -1.52. The summed E-state index contributed by atoms with van der Waals surface area (Å²) >= 11 is 0. The lowest BCUT2D eigenvalue weighted by molar-refractivity contribution is 0.0701. The van der Waals surface area contributed by atoms with E-state index in [4.69, 9.17) is 5.73 Å². The molecule has 0 aliphatic rings. The first-order valence-corrected chi connectivity index (χ1v) is 6.66. The monoisotopic (exact) mass is 252 g/mol. The fourth-order valence-electron chi connectivity index (χ4n) is 1.96. The highest BCUT2D eigenvalue weighted by Crippen LogP contribution is 2.18. The van der Waals surface area contributed by atoms with E-state index < -0.39 is 0 Å². The molecule has 5 nitrogen and oxygen atoms in total. The van der Waals surface area contributed by atoms with Crippen molar-refractivity contribution in [2.45, 2.75) is 53.0 Å². The summed E-state index contributed by atoms with van der Waals surface area (Å²) < 4.78 is 0. The molecule has 1 heterocycles. The van der Waals surface area contributed by atoms with Crippen molar-refractivity contribution in [2.24, 2.45) is 0 Å². The van der Waals surface area contributed by atoms with Gasteiger partial charge in [0, 0.05) is 12.6 Å². The van der Waals surface area contributed by atoms with E-state index in [0.29, 0.717) is 11.4 Å². The van der Waals surface area contributed by atoms with E-state index in [1.54, 1.807) is 0 Å². The van der Waals surface area contributed by atoms with Gasteiger partial charge in [0.2, 0.25) is 0 Å². The van der Waals surface area contributed by atoms with Crippen LogP contribution in [0.25, 0.3) is 0 Å². The number of hydrogen-bond donors (Lipinski definition) is 2. The third-order valence-corrected chi connectivity index (χ3v) is 2.93. The Morgan fingerprint density at radius 2 is 2.06 bits per heavy atom. The molecule has 0 aliphatic heterocycles. The minimum absolute atomic E-state index is 0.0806. The predicted molar refractivity (Wildman–Crippen MR) is 73.5 cm³/mol. The first-order chi connectivity index (χ1) is 8.52. The molecule has 1 rings (SSSR count). The van der Waals surface area contributed by atoms with E-state index in [1.165, 1.54) is 0 Å². The second-order valence-corrected chi connectivity index (χ2v) is 4.81. The first-order valence-electron chi connectivity index (χ1n) is 6.66. The van der Waals surface area contributed by atoms with Crippen molar-refractivity contribution < 1.29 is 4.79 Å². The molecule has 1 amide bonds. The molecule has 0 aliphatic carbocycles. The SMILES string of the molecule is CCCc1[nH]nc(C(=O)N(CCC)C(C)C)c1N. The van der Waals surface area contributed by atoms with Crippen LogP contribution in [0, 0.1) is 0 Å². The zero-order chi connectivity index (χ0) is 13.7. The minimum atomic E-state index is -0.0806. The number of carbonyl (C=O) groups excluding carboxylic acids is 1. The highest BCUT2D eigenvalue weighted by Gasteiger charge is 2.23. The number of amides is 1. The van der Waals surface area contributed by atoms with E-state index in [9.17, 15) is 4.79 Å². The minimum Gasteiger partial charge on any atom is -0.395 e. The van der Waals surface area contributed by atoms with Gasteiger partial charge < -0.3 is 10.6 Å². The van der Waals surface area contributed by atoms with E-state index >= 15 is 0 Å². The Morgan fingerprint density at radius 3 is 2.56 bits per heavy atom. The van der Waals surface area contributed by atoms with Crippen LogP contribution in [-0.2, 0) is 6.42 Å². The second-order valence-electron chi connectivity index (χ2n) is 4.81. The number of nitrogens with one attached hydrogen (secondary N) is 1. The van der Waals surface area contributed by atoms with Gasteiger partial charge in [-0.3, -0.25) is 9.89 Å². The highest BCUT2D eigenvalue weighted by molar-refractivity contribution is 5.97. The van der Waals surface area contributed by atoms with E-state index in [1.807, 2.05) is 18.7 Å². The Kier molecular flexibility index (Phi) is 5.19. The van der Waals surface area contributed by atoms with Crippen LogP contribution in [0.5, 0.6) is 0 Å². The van der Waals surface area contributed by atoms with Crippen LogP contribution in [0.1, 0.15) is 56.7 Å². The van der Waals surface area contributed by atoms with Gasteiger partial charge in [0.05, 0.1) is 11.4 Å². The van der Waals surface area contributed by atoms with Crippen LogP contribution in [0.3, 0.4) is 0 Å². The Bertz CT molecular complexity index is 398. The number of carbonyl (C=O) groups is 1. The van der Waals surface area contributed by atoms with Gasteiger partial charge in [0.1, 0.15) is 0 Å². The number of H-pyrrole nitrogens is 1. The lowest BCUT2D eigenvalue weighted by atomic mass is 10.2. The fraction of sp³-hybridized carbons (Fsp3) is 0.692. The molecular weight excluding hydrogens is 228 g/mol. The van der Waals surface area contributed by atoms with Crippen molar-refractivity contribution in [1.82, 2.24) is 15.1 Å². The van der Waals surface area contributed by atoms with Crippen molar-refractivity contribution >= 4 is 11.6 Å². The maximum Gasteiger partial charge on any atom is 0.276 e.